The van der Waals surface area contributed by atoms with Crippen LogP contribution in [0.4, 0.5) is 0 Å². The average Bonchev–Trinajstić information content (AvgIpc) is 3.54. The van der Waals surface area contributed by atoms with Crippen molar-refractivity contribution in [2.75, 3.05) is 21.2 Å². The molecule has 0 aliphatic rings. The maximum atomic E-state index is 12.2. The lowest BCUT2D eigenvalue weighted by molar-refractivity contribution is 0.408. The van der Waals surface area contributed by atoms with Crippen LogP contribution in [0.3, 0.4) is 0 Å². The average molecular weight is 475 g/mol. The molecule has 0 saturated carbocycles. The number of nitrogens with zero attached hydrogens (tertiary/aromatic N) is 4. The molecule has 3 aromatic heterocycles. The SMILES string of the molecule is COc1cccc(-c2nnc(SCc3ccc(S(=O)(=O)N(C)C)o3)n2Cc2ccco2)c1. The normalized spacial score (nSPS) is 11.9. The van der Waals surface area contributed by atoms with Crippen molar-refractivity contribution >= 4 is 21.8 Å². The van der Waals surface area contributed by atoms with Crippen LogP contribution in [0.15, 0.2) is 73.9 Å². The van der Waals surface area contributed by atoms with Gasteiger partial charge in [0.15, 0.2) is 11.0 Å². The van der Waals surface area contributed by atoms with E-state index in [9.17, 15) is 8.42 Å². The molecule has 1 aromatic carbocycles. The molecule has 0 spiro atoms. The van der Waals surface area contributed by atoms with Gasteiger partial charge in [0.25, 0.3) is 10.0 Å². The Labute approximate surface area is 190 Å². The smallest absolute Gasteiger partial charge is 0.275 e. The van der Waals surface area contributed by atoms with Gasteiger partial charge in [-0.25, -0.2) is 12.7 Å². The van der Waals surface area contributed by atoms with E-state index in [-0.39, 0.29) is 5.09 Å². The fourth-order valence-corrected chi connectivity index (χ4v) is 4.61. The number of ether oxygens (including phenoxy) is 1. The third-order valence-corrected chi connectivity index (χ3v) is 7.33. The van der Waals surface area contributed by atoms with E-state index < -0.39 is 10.0 Å². The molecule has 168 valence electrons. The molecule has 0 bridgehead atoms. The van der Waals surface area contributed by atoms with Gasteiger partial charge in [-0.1, -0.05) is 23.9 Å². The molecule has 32 heavy (non-hydrogen) atoms. The zero-order chi connectivity index (χ0) is 22.7. The van der Waals surface area contributed by atoms with Crippen molar-refractivity contribution < 1.29 is 22.0 Å². The molecule has 0 radical (unpaired) electrons. The van der Waals surface area contributed by atoms with Crippen molar-refractivity contribution in [1.82, 2.24) is 19.1 Å². The third-order valence-electron chi connectivity index (χ3n) is 4.65. The van der Waals surface area contributed by atoms with E-state index in [1.165, 1.54) is 31.9 Å². The second-order valence-corrected chi connectivity index (χ2v) is 10.0. The predicted octanol–water partition coefficient (Wildman–Crippen LogP) is 3.73. The molecule has 3 heterocycles. The minimum atomic E-state index is -3.62. The zero-order valence-corrected chi connectivity index (χ0v) is 19.4. The molecule has 0 fully saturated rings. The number of aromatic nitrogens is 3. The van der Waals surface area contributed by atoms with Crippen molar-refractivity contribution in [3.8, 4) is 17.1 Å². The first-order valence-electron chi connectivity index (χ1n) is 9.62. The Morgan fingerprint density at radius 3 is 2.66 bits per heavy atom. The van der Waals surface area contributed by atoms with Gasteiger partial charge in [-0.05, 0) is 36.4 Å². The summed E-state index contributed by atoms with van der Waals surface area (Å²) in [7, 11) is 0.917. The van der Waals surface area contributed by atoms with Gasteiger partial charge < -0.3 is 13.6 Å². The van der Waals surface area contributed by atoms with Crippen LogP contribution < -0.4 is 4.74 Å². The van der Waals surface area contributed by atoms with Gasteiger partial charge in [0, 0.05) is 19.7 Å². The second kappa shape index (κ2) is 9.23. The number of rotatable bonds is 9. The Balaban J connectivity index is 1.61. The molecule has 4 rings (SSSR count). The van der Waals surface area contributed by atoms with E-state index in [0.717, 1.165) is 21.4 Å². The third kappa shape index (κ3) is 4.59. The van der Waals surface area contributed by atoms with E-state index >= 15 is 0 Å². The first-order valence-corrected chi connectivity index (χ1v) is 12.0. The van der Waals surface area contributed by atoms with Crippen LogP contribution in [-0.2, 0) is 22.3 Å². The summed E-state index contributed by atoms with van der Waals surface area (Å²) >= 11 is 1.39. The Kier molecular flexibility index (Phi) is 6.40. The van der Waals surface area contributed by atoms with Gasteiger partial charge in [0.05, 0.1) is 25.7 Å². The highest BCUT2D eigenvalue weighted by atomic mass is 32.2. The topological polar surface area (TPSA) is 104 Å². The van der Waals surface area contributed by atoms with E-state index in [0.29, 0.717) is 29.0 Å². The minimum Gasteiger partial charge on any atom is -0.497 e. The number of furan rings is 2. The number of hydrogen-bond donors (Lipinski definition) is 0. The molecular weight excluding hydrogens is 452 g/mol. The van der Waals surface area contributed by atoms with Crippen molar-refractivity contribution in [2.24, 2.45) is 0 Å². The summed E-state index contributed by atoms with van der Waals surface area (Å²) in [6.45, 7) is 0.438. The van der Waals surface area contributed by atoms with Crippen molar-refractivity contribution in [2.45, 2.75) is 22.5 Å². The molecular formula is C21H22N4O5S2. The van der Waals surface area contributed by atoms with E-state index in [4.69, 9.17) is 13.6 Å². The standard InChI is InChI=1S/C21H22N4O5S2/c1-24(2)32(26,27)19-10-9-18(30-19)14-31-21-23-22-20(15-6-4-7-16(12-15)28-3)25(21)13-17-8-5-11-29-17/h4-12H,13-14H2,1-3H3. The van der Waals surface area contributed by atoms with Crippen LogP contribution in [0.5, 0.6) is 5.75 Å². The minimum absolute atomic E-state index is 0.0905. The monoisotopic (exact) mass is 474 g/mol. The summed E-state index contributed by atoms with van der Waals surface area (Å²) in [6.07, 6.45) is 1.62. The van der Waals surface area contributed by atoms with Crippen LogP contribution in [0.2, 0.25) is 0 Å². The first kappa shape index (κ1) is 22.2. The Bertz CT molecular complexity index is 1290. The van der Waals surface area contributed by atoms with Gasteiger partial charge in [-0.15, -0.1) is 10.2 Å². The number of hydrogen-bond acceptors (Lipinski definition) is 8. The van der Waals surface area contributed by atoms with Gasteiger partial charge >= 0.3 is 0 Å². The maximum Gasteiger partial charge on any atom is 0.275 e. The molecule has 0 saturated heterocycles. The van der Waals surface area contributed by atoms with E-state index in [1.807, 2.05) is 41.0 Å². The fourth-order valence-electron chi connectivity index (χ4n) is 2.96. The summed E-state index contributed by atoms with van der Waals surface area (Å²) in [4.78, 5) is 0. The molecule has 0 amide bonds. The van der Waals surface area contributed by atoms with E-state index in [1.54, 1.807) is 19.4 Å². The summed E-state index contributed by atoms with van der Waals surface area (Å²) in [5.74, 6) is 3.05. The lowest BCUT2D eigenvalue weighted by atomic mass is 10.2. The number of thioether (sulfide) groups is 1. The molecule has 0 N–H and O–H groups in total. The highest BCUT2D eigenvalue weighted by Gasteiger charge is 2.22. The molecule has 4 aromatic rings. The lowest BCUT2D eigenvalue weighted by Crippen LogP contribution is -2.21. The summed E-state index contributed by atoms with van der Waals surface area (Å²) in [6, 6.07) is 14.4. The van der Waals surface area contributed by atoms with Crippen molar-refractivity contribution in [3.63, 3.8) is 0 Å². The number of methoxy groups -OCH3 is 1. The molecule has 0 aliphatic heterocycles. The van der Waals surface area contributed by atoms with Gasteiger partial charge in [-0.2, -0.15) is 0 Å². The van der Waals surface area contributed by atoms with Crippen LogP contribution in [0.25, 0.3) is 11.4 Å². The lowest BCUT2D eigenvalue weighted by Gasteiger charge is -2.09. The molecule has 0 unspecified atom stereocenters. The zero-order valence-electron chi connectivity index (χ0n) is 17.8. The van der Waals surface area contributed by atoms with Gasteiger partial charge in [-0.3, -0.25) is 4.57 Å². The predicted molar refractivity (Wildman–Crippen MR) is 119 cm³/mol. The largest absolute Gasteiger partial charge is 0.497 e. The molecule has 11 heteroatoms. The summed E-state index contributed by atoms with van der Waals surface area (Å²) in [5.41, 5.74) is 0.854. The van der Waals surface area contributed by atoms with Crippen LogP contribution >= 0.6 is 11.8 Å². The Morgan fingerprint density at radius 2 is 1.94 bits per heavy atom. The van der Waals surface area contributed by atoms with Crippen molar-refractivity contribution in [1.29, 1.82) is 0 Å². The van der Waals surface area contributed by atoms with Gasteiger partial charge in [0.1, 0.15) is 17.3 Å². The Hall–Kier alpha value is -3.02. The second-order valence-electron chi connectivity index (χ2n) is 7.00. The van der Waals surface area contributed by atoms with Crippen LogP contribution in [-0.4, -0.2) is 48.7 Å². The van der Waals surface area contributed by atoms with Crippen LogP contribution in [0.1, 0.15) is 11.5 Å². The molecule has 9 nitrogen and oxygen atoms in total. The Morgan fingerprint density at radius 1 is 1.09 bits per heavy atom. The van der Waals surface area contributed by atoms with E-state index in [2.05, 4.69) is 10.2 Å². The summed E-state index contributed by atoms with van der Waals surface area (Å²) < 4.78 is 44.0. The first-order chi connectivity index (χ1) is 15.4. The van der Waals surface area contributed by atoms with Crippen molar-refractivity contribution in [3.05, 3.63) is 66.3 Å². The fraction of sp³-hybridized carbons (Fsp3) is 0.238. The number of benzene rings is 1. The maximum absolute atomic E-state index is 12.2. The van der Waals surface area contributed by atoms with Gasteiger partial charge in [0.2, 0.25) is 5.09 Å². The summed E-state index contributed by atoms with van der Waals surface area (Å²) in [5, 5.41) is 9.29. The number of sulfonamides is 1. The van der Waals surface area contributed by atoms with Crippen LogP contribution in [0, 0.1) is 0 Å². The highest BCUT2D eigenvalue weighted by molar-refractivity contribution is 7.98. The molecule has 0 atom stereocenters. The highest BCUT2D eigenvalue weighted by Crippen LogP contribution is 2.30. The quantitative estimate of drug-likeness (QED) is 0.338. The molecule has 0 aliphatic carbocycles.